The van der Waals surface area contributed by atoms with Gasteiger partial charge in [0.25, 0.3) is 0 Å². The van der Waals surface area contributed by atoms with Crippen LogP contribution in [0.1, 0.15) is 32.6 Å². The molecule has 0 aliphatic carbocycles. The zero-order chi connectivity index (χ0) is 12.0. The molecule has 0 N–H and O–H groups in total. The van der Waals surface area contributed by atoms with Crippen LogP contribution in [0.15, 0.2) is 0 Å². The molecule has 90 valence electrons. The van der Waals surface area contributed by atoms with Gasteiger partial charge < -0.3 is 4.74 Å². The summed E-state index contributed by atoms with van der Waals surface area (Å²) in [6.45, 7) is 3.82. The predicted molar refractivity (Wildman–Crippen MR) is 60.6 cm³/mol. The average molecular weight is 224 g/mol. The quantitative estimate of drug-likeness (QED) is 0.680. The molecule has 0 radical (unpaired) electrons. The Morgan fingerprint density at radius 3 is 3.00 bits per heavy atom. The van der Waals surface area contributed by atoms with Gasteiger partial charge in [-0.3, -0.25) is 9.69 Å². The Morgan fingerprint density at radius 1 is 1.69 bits per heavy atom. The monoisotopic (exact) mass is 224 g/mol. The van der Waals surface area contributed by atoms with Gasteiger partial charge in [0.05, 0.1) is 25.5 Å². The Hall–Kier alpha value is -1.08. The van der Waals surface area contributed by atoms with Crippen LogP contribution >= 0.6 is 0 Å². The molecule has 0 aromatic carbocycles. The number of likely N-dealkylation sites (tertiary alicyclic amines) is 1. The van der Waals surface area contributed by atoms with Crippen molar-refractivity contribution in [2.45, 2.75) is 38.6 Å². The summed E-state index contributed by atoms with van der Waals surface area (Å²) in [7, 11) is 1.44. The lowest BCUT2D eigenvalue weighted by Gasteiger charge is -2.36. The van der Waals surface area contributed by atoms with Crippen LogP contribution in [0.2, 0.25) is 0 Å². The number of rotatable bonds is 4. The molecule has 1 fully saturated rings. The van der Waals surface area contributed by atoms with Crippen molar-refractivity contribution in [3.8, 4) is 6.07 Å². The SMILES string of the molecule is CCC(CC#N)N1CCCC(C(=O)OC)C1. The molecule has 1 aliphatic heterocycles. The van der Waals surface area contributed by atoms with E-state index in [9.17, 15) is 4.79 Å². The van der Waals surface area contributed by atoms with Gasteiger partial charge in [-0.15, -0.1) is 0 Å². The van der Waals surface area contributed by atoms with E-state index in [4.69, 9.17) is 10.00 Å². The van der Waals surface area contributed by atoms with Gasteiger partial charge in [0.2, 0.25) is 0 Å². The normalized spacial score (nSPS) is 23.4. The van der Waals surface area contributed by atoms with Crippen LogP contribution in [0.25, 0.3) is 0 Å². The highest BCUT2D eigenvalue weighted by molar-refractivity contribution is 5.72. The highest BCUT2D eigenvalue weighted by Gasteiger charge is 2.29. The van der Waals surface area contributed by atoms with Gasteiger partial charge in [-0.25, -0.2) is 0 Å². The van der Waals surface area contributed by atoms with Crippen LogP contribution in [-0.4, -0.2) is 37.1 Å². The molecule has 1 aliphatic rings. The van der Waals surface area contributed by atoms with Gasteiger partial charge in [-0.1, -0.05) is 6.92 Å². The minimum atomic E-state index is -0.114. The van der Waals surface area contributed by atoms with E-state index >= 15 is 0 Å². The molecule has 16 heavy (non-hydrogen) atoms. The van der Waals surface area contributed by atoms with E-state index < -0.39 is 0 Å². The van der Waals surface area contributed by atoms with E-state index in [0.717, 1.165) is 32.4 Å². The molecule has 1 saturated heterocycles. The van der Waals surface area contributed by atoms with Crippen molar-refractivity contribution in [2.24, 2.45) is 5.92 Å². The molecule has 0 saturated carbocycles. The first kappa shape index (κ1) is 13.0. The van der Waals surface area contributed by atoms with E-state index in [-0.39, 0.29) is 17.9 Å². The molecule has 0 spiro atoms. The number of hydrogen-bond donors (Lipinski definition) is 0. The van der Waals surface area contributed by atoms with E-state index in [1.165, 1.54) is 7.11 Å². The molecule has 0 aromatic heterocycles. The molecule has 2 atom stereocenters. The van der Waals surface area contributed by atoms with Crippen molar-refractivity contribution >= 4 is 5.97 Å². The van der Waals surface area contributed by atoms with Crippen molar-refractivity contribution in [3.63, 3.8) is 0 Å². The third kappa shape index (κ3) is 3.21. The number of ether oxygens (including phenoxy) is 1. The second kappa shape index (κ2) is 6.49. The number of nitriles is 1. The van der Waals surface area contributed by atoms with Crippen molar-refractivity contribution in [1.29, 1.82) is 5.26 Å². The Morgan fingerprint density at radius 2 is 2.44 bits per heavy atom. The lowest BCUT2D eigenvalue weighted by Crippen LogP contribution is -2.44. The summed E-state index contributed by atoms with van der Waals surface area (Å²) in [5.74, 6) is -0.122. The minimum Gasteiger partial charge on any atom is -0.469 e. The number of hydrogen-bond acceptors (Lipinski definition) is 4. The summed E-state index contributed by atoms with van der Waals surface area (Å²) in [5.41, 5.74) is 0. The minimum absolute atomic E-state index is 0.00788. The lowest BCUT2D eigenvalue weighted by molar-refractivity contribution is -0.147. The first-order chi connectivity index (χ1) is 7.72. The first-order valence-electron chi connectivity index (χ1n) is 5.91. The fourth-order valence-corrected chi connectivity index (χ4v) is 2.33. The highest BCUT2D eigenvalue weighted by atomic mass is 16.5. The number of esters is 1. The van der Waals surface area contributed by atoms with Crippen LogP contribution < -0.4 is 0 Å². The number of methoxy groups -OCH3 is 1. The Balaban J connectivity index is 2.55. The smallest absolute Gasteiger partial charge is 0.309 e. The summed E-state index contributed by atoms with van der Waals surface area (Å²) >= 11 is 0. The summed E-state index contributed by atoms with van der Waals surface area (Å²) in [6, 6.07) is 2.51. The summed E-state index contributed by atoms with van der Waals surface area (Å²) < 4.78 is 4.78. The molecule has 2 unspecified atom stereocenters. The van der Waals surface area contributed by atoms with Gasteiger partial charge in [-0.2, -0.15) is 5.26 Å². The summed E-state index contributed by atoms with van der Waals surface area (Å²) in [5, 5.41) is 8.75. The van der Waals surface area contributed by atoms with Gasteiger partial charge in [0.1, 0.15) is 0 Å². The third-order valence-corrected chi connectivity index (χ3v) is 3.30. The number of piperidine rings is 1. The van der Waals surface area contributed by atoms with Crippen molar-refractivity contribution in [1.82, 2.24) is 4.90 Å². The van der Waals surface area contributed by atoms with Gasteiger partial charge in [0, 0.05) is 12.6 Å². The predicted octanol–water partition coefficient (Wildman–Crippen LogP) is 1.56. The average Bonchev–Trinajstić information content (AvgIpc) is 2.35. The van der Waals surface area contributed by atoms with Crippen LogP contribution in [0, 0.1) is 17.2 Å². The molecule has 0 bridgehead atoms. The molecule has 4 heteroatoms. The van der Waals surface area contributed by atoms with E-state index in [1.807, 2.05) is 0 Å². The van der Waals surface area contributed by atoms with Gasteiger partial charge >= 0.3 is 5.97 Å². The van der Waals surface area contributed by atoms with Crippen molar-refractivity contribution in [2.75, 3.05) is 20.2 Å². The largest absolute Gasteiger partial charge is 0.469 e. The third-order valence-electron chi connectivity index (χ3n) is 3.30. The maximum absolute atomic E-state index is 11.5. The number of carbonyl (C=O) groups is 1. The zero-order valence-corrected chi connectivity index (χ0v) is 10.1. The van der Waals surface area contributed by atoms with Crippen LogP contribution in [0.5, 0.6) is 0 Å². The molecule has 0 amide bonds. The van der Waals surface area contributed by atoms with Crippen LogP contribution in [-0.2, 0) is 9.53 Å². The summed E-state index contributed by atoms with van der Waals surface area (Å²) in [6.07, 6.45) is 3.43. The molecular weight excluding hydrogens is 204 g/mol. The Bertz CT molecular complexity index is 273. The first-order valence-corrected chi connectivity index (χ1v) is 5.91. The molecule has 1 rings (SSSR count). The van der Waals surface area contributed by atoms with E-state index in [2.05, 4.69) is 17.9 Å². The van der Waals surface area contributed by atoms with E-state index in [1.54, 1.807) is 0 Å². The summed E-state index contributed by atoms with van der Waals surface area (Å²) in [4.78, 5) is 13.7. The molecule has 1 heterocycles. The van der Waals surface area contributed by atoms with Crippen LogP contribution in [0.4, 0.5) is 0 Å². The maximum atomic E-state index is 11.5. The Labute approximate surface area is 97.2 Å². The zero-order valence-electron chi connectivity index (χ0n) is 10.1. The number of nitrogens with zero attached hydrogens (tertiary/aromatic N) is 2. The molecular formula is C12H20N2O2. The fourth-order valence-electron chi connectivity index (χ4n) is 2.33. The Kier molecular flexibility index (Phi) is 5.27. The molecule has 4 nitrogen and oxygen atoms in total. The van der Waals surface area contributed by atoms with Crippen LogP contribution in [0.3, 0.4) is 0 Å². The lowest BCUT2D eigenvalue weighted by atomic mass is 9.95. The second-order valence-electron chi connectivity index (χ2n) is 4.28. The van der Waals surface area contributed by atoms with Crippen molar-refractivity contribution < 1.29 is 9.53 Å². The van der Waals surface area contributed by atoms with Gasteiger partial charge in [0.15, 0.2) is 0 Å². The molecule has 0 aromatic rings. The fraction of sp³-hybridized carbons (Fsp3) is 0.833. The standard InChI is InChI=1S/C12H20N2O2/c1-3-11(6-7-13)14-8-4-5-10(9-14)12(15)16-2/h10-11H,3-6,8-9H2,1-2H3. The van der Waals surface area contributed by atoms with E-state index in [0.29, 0.717) is 6.42 Å². The van der Waals surface area contributed by atoms with Gasteiger partial charge in [-0.05, 0) is 25.8 Å². The van der Waals surface area contributed by atoms with Crippen molar-refractivity contribution in [3.05, 3.63) is 0 Å². The number of carbonyl (C=O) groups excluding carboxylic acids is 1. The highest BCUT2D eigenvalue weighted by Crippen LogP contribution is 2.21. The topological polar surface area (TPSA) is 53.3 Å². The second-order valence-corrected chi connectivity index (χ2v) is 4.28. The maximum Gasteiger partial charge on any atom is 0.309 e.